The maximum Gasteiger partial charge on any atom is 0.165 e. The van der Waals surface area contributed by atoms with Gasteiger partial charge in [-0.3, -0.25) is 4.79 Å². The maximum absolute atomic E-state index is 12.0. The molecule has 0 unspecified atom stereocenters. The predicted molar refractivity (Wildman–Crippen MR) is 63.7 cm³/mol. The summed E-state index contributed by atoms with van der Waals surface area (Å²) in [5.41, 5.74) is 6.95. The van der Waals surface area contributed by atoms with Crippen LogP contribution in [0.4, 0.5) is 5.69 Å². The molecule has 1 fully saturated rings. The molecule has 0 aliphatic heterocycles. The Bertz CT molecular complexity index is 397. The van der Waals surface area contributed by atoms with Gasteiger partial charge in [0.2, 0.25) is 0 Å². The normalized spacial score (nSPS) is 15.6. The van der Waals surface area contributed by atoms with Crippen LogP contribution in [-0.4, -0.2) is 12.9 Å². The first kappa shape index (κ1) is 11.0. The molecule has 3 heteroatoms. The van der Waals surface area contributed by atoms with E-state index in [1.165, 1.54) is 19.3 Å². The van der Waals surface area contributed by atoms with Gasteiger partial charge >= 0.3 is 0 Å². The number of carbonyl (C=O) groups excluding carboxylic acids is 1. The highest BCUT2D eigenvalue weighted by Gasteiger charge is 2.22. The van der Waals surface area contributed by atoms with E-state index in [2.05, 4.69) is 0 Å². The van der Waals surface area contributed by atoms with Crippen LogP contribution in [0.3, 0.4) is 0 Å². The van der Waals surface area contributed by atoms with Gasteiger partial charge in [0.05, 0.1) is 12.8 Å². The van der Waals surface area contributed by atoms with Gasteiger partial charge in [0.15, 0.2) is 5.78 Å². The smallest absolute Gasteiger partial charge is 0.165 e. The Morgan fingerprint density at radius 2 is 2.25 bits per heavy atom. The van der Waals surface area contributed by atoms with E-state index >= 15 is 0 Å². The molecule has 0 spiro atoms. The van der Waals surface area contributed by atoms with Crippen molar-refractivity contribution in [2.24, 2.45) is 5.92 Å². The van der Waals surface area contributed by atoms with E-state index in [9.17, 15) is 4.79 Å². The highest BCUT2D eigenvalue weighted by Crippen LogP contribution is 2.32. The second-order valence-electron chi connectivity index (χ2n) is 4.35. The Kier molecular flexibility index (Phi) is 3.13. The van der Waals surface area contributed by atoms with Crippen molar-refractivity contribution in [1.29, 1.82) is 0 Å². The minimum absolute atomic E-state index is 0.140. The van der Waals surface area contributed by atoms with Crippen molar-refractivity contribution in [2.75, 3.05) is 12.8 Å². The second-order valence-corrected chi connectivity index (χ2v) is 4.35. The minimum Gasteiger partial charge on any atom is -0.495 e. The third-order valence-corrected chi connectivity index (χ3v) is 3.29. The lowest BCUT2D eigenvalue weighted by Crippen LogP contribution is -2.16. The summed E-state index contributed by atoms with van der Waals surface area (Å²) in [6.45, 7) is 0. The van der Waals surface area contributed by atoms with Gasteiger partial charge in [-0.2, -0.15) is 0 Å². The van der Waals surface area contributed by atoms with Gasteiger partial charge in [-0.15, -0.1) is 0 Å². The number of anilines is 1. The summed E-state index contributed by atoms with van der Waals surface area (Å²) in [5, 5.41) is 0. The molecule has 1 aliphatic carbocycles. The van der Waals surface area contributed by atoms with Crippen molar-refractivity contribution in [1.82, 2.24) is 0 Å². The molecule has 2 N–H and O–H groups in total. The molecule has 0 atom stereocenters. The van der Waals surface area contributed by atoms with Gasteiger partial charge in [-0.05, 0) is 18.1 Å². The third-order valence-electron chi connectivity index (χ3n) is 3.29. The monoisotopic (exact) mass is 219 g/mol. The Hall–Kier alpha value is -1.51. The first-order valence-corrected chi connectivity index (χ1v) is 5.68. The molecular formula is C13H17NO2. The van der Waals surface area contributed by atoms with E-state index < -0.39 is 0 Å². The number of hydrogen-bond acceptors (Lipinski definition) is 3. The number of para-hydroxylation sites is 1. The number of nitrogens with two attached hydrogens (primary N) is 1. The molecular weight excluding hydrogens is 202 g/mol. The number of ether oxygens (including phenoxy) is 1. The van der Waals surface area contributed by atoms with Crippen molar-refractivity contribution in [3.8, 4) is 5.75 Å². The van der Waals surface area contributed by atoms with Crippen LogP contribution in [0, 0.1) is 5.92 Å². The average molecular weight is 219 g/mol. The maximum atomic E-state index is 12.0. The van der Waals surface area contributed by atoms with E-state index in [4.69, 9.17) is 10.5 Å². The Morgan fingerprint density at radius 1 is 1.50 bits per heavy atom. The molecule has 3 nitrogen and oxygen atoms in total. The molecule has 0 saturated heterocycles. The zero-order valence-electron chi connectivity index (χ0n) is 9.53. The molecule has 0 amide bonds. The fourth-order valence-electron chi connectivity index (χ4n) is 2.03. The second kappa shape index (κ2) is 4.56. The Balaban J connectivity index is 2.15. The van der Waals surface area contributed by atoms with Crippen molar-refractivity contribution < 1.29 is 9.53 Å². The molecule has 86 valence electrons. The zero-order valence-corrected chi connectivity index (χ0v) is 9.53. The molecule has 2 rings (SSSR count). The summed E-state index contributed by atoms with van der Waals surface area (Å²) in [6, 6.07) is 5.36. The van der Waals surface area contributed by atoms with Gasteiger partial charge in [-0.1, -0.05) is 25.3 Å². The first-order chi connectivity index (χ1) is 7.72. The fraction of sp³-hybridized carbons (Fsp3) is 0.462. The molecule has 0 radical (unpaired) electrons. The molecule has 1 saturated carbocycles. The molecule has 0 bridgehead atoms. The Morgan fingerprint density at radius 3 is 2.81 bits per heavy atom. The third kappa shape index (κ3) is 2.03. The number of rotatable bonds is 4. The van der Waals surface area contributed by atoms with Crippen molar-refractivity contribution >= 4 is 11.5 Å². The molecule has 0 heterocycles. The molecule has 1 aromatic carbocycles. The van der Waals surface area contributed by atoms with Gasteiger partial charge < -0.3 is 10.5 Å². The van der Waals surface area contributed by atoms with E-state index in [1.54, 1.807) is 19.2 Å². The summed E-state index contributed by atoms with van der Waals surface area (Å²) in [6.07, 6.45) is 4.23. The van der Waals surface area contributed by atoms with Gasteiger partial charge in [0, 0.05) is 12.0 Å². The highest BCUT2D eigenvalue weighted by molar-refractivity contribution is 6.02. The van der Waals surface area contributed by atoms with Crippen molar-refractivity contribution in [3.05, 3.63) is 23.8 Å². The minimum atomic E-state index is 0.140. The molecule has 0 aromatic heterocycles. The standard InChI is InChI=1S/C13H17NO2/c1-16-12-7-3-6-10(13(12)14)11(15)8-9-4-2-5-9/h3,6-7,9H,2,4-5,8,14H2,1H3. The summed E-state index contributed by atoms with van der Waals surface area (Å²) in [7, 11) is 1.56. The number of ketones is 1. The quantitative estimate of drug-likeness (QED) is 0.625. The van der Waals surface area contributed by atoms with Crippen LogP contribution >= 0.6 is 0 Å². The van der Waals surface area contributed by atoms with E-state index in [0.29, 0.717) is 29.3 Å². The van der Waals surface area contributed by atoms with Crippen LogP contribution in [0.15, 0.2) is 18.2 Å². The fourth-order valence-corrected chi connectivity index (χ4v) is 2.03. The molecule has 1 aliphatic rings. The van der Waals surface area contributed by atoms with Gasteiger partial charge in [0.1, 0.15) is 5.75 Å². The number of hydrogen-bond donors (Lipinski definition) is 1. The largest absolute Gasteiger partial charge is 0.495 e. The van der Waals surface area contributed by atoms with Crippen LogP contribution in [0.1, 0.15) is 36.0 Å². The number of methoxy groups -OCH3 is 1. The summed E-state index contributed by atoms with van der Waals surface area (Å²) in [5.74, 6) is 1.29. The number of Topliss-reactive ketones (excluding diaryl/α,β-unsaturated/α-hetero) is 1. The topological polar surface area (TPSA) is 52.3 Å². The lowest BCUT2D eigenvalue weighted by atomic mass is 9.81. The van der Waals surface area contributed by atoms with E-state index in [-0.39, 0.29) is 5.78 Å². The number of benzene rings is 1. The summed E-state index contributed by atoms with van der Waals surface area (Å²) in [4.78, 5) is 12.0. The van der Waals surface area contributed by atoms with Gasteiger partial charge in [0.25, 0.3) is 0 Å². The predicted octanol–water partition coefficient (Wildman–Crippen LogP) is 2.65. The van der Waals surface area contributed by atoms with E-state index in [0.717, 1.165) is 0 Å². The lowest BCUT2D eigenvalue weighted by molar-refractivity contribution is 0.0937. The highest BCUT2D eigenvalue weighted by atomic mass is 16.5. The number of nitrogen functional groups attached to an aromatic ring is 1. The van der Waals surface area contributed by atoms with Crippen LogP contribution < -0.4 is 10.5 Å². The van der Waals surface area contributed by atoms with Crippen molar-refractivity contribution in [2.45, 2.75) is 25.7 Å². The Labute approximate surface area is 95.6 Å². The SMILES string of the molecule is COc1cccc(C(=O)CC2CCC2)c1N. The van der Waals surface area contributed by atoms with Gasteiger partial charge in [-0.25, -0.2) is 0 Å². The van der Waals surface area contributed by atoms with Crippen LogP contribution in [0.2, 0.25) is 0 Å². The first-order valence-electron chi connectivity index (χ1n) is 5.68. The number of carbonyl (C=O) groups is 1. The van der Waals surface area contributed by atoms with Crippen LogP contribution in [0.5, 0.6) is 5.75 Å². The van der Waals surface area contributed by atoms with E-state index in [1.807, 2.05) is 6.07 Å². The average Bonchev–Trinajstić information content (AvgIpc) is 2.23. The molecule has 1 aromatic rings. The molecule has 16 heavy (non-hydrogen) atoms. The summed E-state index contributed by atoms with van der Waals surface area (Å²) >= 11 is 0. The zero-order chi connectivity index (χ0) is 11.5. The van der Waals surface area contributed by atoms with Crippen LogP contribution in [0.25, 0.3) is 0 Å². The summed E-state index contributed by atoms with van der Waals surface area (Å²) < 4.78 is 5.10. The lowest BCUT2D eigenvalue weighted by Gasteiger charge is -2.24. The van der Waals surface area contributed by atoms with Crippen LogP contribution in [-0.2, 0) is 0 Å². The van der Waals surface area contributed by atoms with Crippen molar-refractivity contribution in [3.63, 3.8) is 0 Å².